The van der Waals surface area contributed by atoms with Gasteiger partial charge in [-0.1, -0.05) is 62.3 Å². The van der Waals surface area contributed by atoms with E-state index in [9.17, 15) is 5.11 Å². The lowest BCUT2D eigenvalue weighted by atomic mass is 9.26. The smallest absolute Gasteiger partial charge is 0.0571 e. The molecule has 1 nitrogen and oxygen atoms in total. The lowest BCUT2D eigenvalue weighted by Crippen LogP contribution is -2.71. The summed E-state index contributed by atoms with van der Waals surface area (Å²) in [5, 5.41) is 10.8. The number of aliphatic hydroxyl groups is 1. The van der Waals surface area contributed by atoms with E-state index in [0.29, 0.717) is 43.8 Å². The Balaban J connectivity index is 1.58. The molecule has 0 spiro atoms. The van der Waals surface area contributed by atoms with Gasteiger partial charge in [0, 0.05) is 0 Å². The van der Waals surface area contributed by atoms with Gasteiger partial charge in [0.15, 0.2) is 0 Å². The van der Waals surface area contributed by atoms with Gasteiger partial charge in [-0.05, 0) is 126 Å². The van der Waals surface area contributed by atoms with E-state index < -0.39 is 0 Å². The van der Waals surface area contributed by atoms with Crippen molar-refractivity contribution in [2.75, 3.05) is 0 Å². The molecule has 0 aromatic rings. The van der Waals surface area contributed by atoms with Crippen LogP contribution in [0.2, 0.25) is 0 Å². The summed E-state index contributed by atoms with van der Waals surface area (Å²) in [6, 6.07) is 0. The third-order valence-corrected chi connectivity index (χ3v) is 14.9. The van der Waals surface area contributed by atoms with Crippen molar-refractivity contribution >= 4 is 0 Å². The van der Waals surface area contributed by atoms with Gasteiger partial charge in [0.05, 0.1) is 6.10 Å². The third-order valence-electron chi connectivity index (χ3n) is 14.9. The largest absolute Gasteiger partial charge is 0.393 e. The Kier molecular flexibility index (Phi) is 4.88. The second-order valence-corrected chi connectivity index (χ2v) is 16.1. The van der Waals surface area contributed by atoms with Crippen LogP contribution in [0.1, 0.15) is 133 Å². The van der Waals surface area contributed by atoms with Gasteiger partial charge >= 0.3 is 0 Å². The summed E-state index contributed by atoms with van der Waals surface area (Å²) in [5.74, 6) is 2.09. The first-order valence-electron chi connectivity index (χ1n) is 14.3. The summed E-state index contributed by atoms with van der Waals surface area (Å²) in [6.07, 6.45) is 14.9. The highest BCUT2D eigenvalue weighted by atomic mass is 16.3. The van der Waals surface area contributed by atoms with Crippen LogP contribution < -0.4 is 0 Å². The van der Waals surface area contributed by atoms with Gasteiger partial charge in [-0.3, -0.25) is 0 Å². The van der Waals surface area contributed by atoms with Crippen LogP contribution in [0.3, 0.4) is 0 Å². The lowest BCUT2D eigenvalue weighted by molar-refractivity contribution is -0.294. The molecule has 1 N–H and O–H groups in total. The monoisotopic (exact) mass is 442 g/mol. The molecular formula is C31H54O. The molecule has 0 aromatic heterocycles. The summed E-state index contributed by atoms with van der Waals surface area (Å²) in [5.41, 5.74) is 3.09. The summed E-state index contributed by atoms with van der Waals surface area (Å²) in [4.78, 5) is 0. The minimum atomic E-state index is -0.0837. The number of hydrogen-bond donors (Lipinski definition) is 1. The van der Waals surface area contributed by atoms with Crippen LogP contribution in [0.5, 0.6) is 0 Å². The van der Waals surface area contributed by atoms with E-state index in [1.165, 1.54) is 64.2 Å². The van der Waals surface area contributed by atoms with Crippen LogP contribution >= 0.6 is 0 Å². The van der Waals surface area contributed by atoms with Crippen LogP contribution in [0, 0.1) is 55.7 Å². The van der Waals surface area contributed by atoms with Crippen molar-refractivity contribution in [2.45, 2.75) is 139 Å². The van der Waals surface area contributed by atoms with Crippen molar-refractivity contribution in [1.82, 2.24) is 0 Å². The molecule has 5 fully saturated rings. The van der Waals surface area contributed by atoms with Crippen molar-refractivity contribution in [3.8, 4) is 0 Å². The molecule has 5 aliphatic rings. The molecule has 1 heteroatoms. The fourth-order valence-electron chi connectivity index (χ4n) is 12.1. The number of hydrogen-bond acceptors (Lipinski definition) is 1. The molecule has 0 saturated heterocycles. The number of rotatable bonds is 0. The third kappa shape index (κ3) is 2.57. The van der Waals surface area contributed by atoms with Crippen LogP contribution in [0.4, 0.5) is 0 Å². The minimum Gasteiger partial charge on any atom is -0.393 e. The highest BCUT2D eigenvalue weighted by molar-refractivity contribution is 5.22. The second-order valence-electron chi connectivity index (χ2n) is 16.1. The van der Waals surface area contributed by atoms with E-state index >= 15 is 0 Å². The molecular weight excluding hydrogens is 388 g/mol. The Labute approximate surface area is 199 Å². The average molecular weight is 443 g/mol. The topological polar surface area (TPSA) is 20.2 Å². The minimum absolute atomic E-state index is 0.0837. The molecule has 10 atom stereocenters. The van der Waals surface area contributed by atoms with Crippen LogP contribution in [0.25, 0.3) is 0 Å². The molecule has 0 heterocycles. The number of fused-ring (bicyclic) bond motifs is 7. The maximum Gasteiger partial charge on any atom is 0.0571 e. The molecule has 0 bridgehead atoms. The molecule has 32 heavy (non-hydrogen) atoms. The SMILES string of the molecule is CC1C(O)CCC2C1(C)CCC1C2(C)CCC2(C)C1(C)CCC1(C)CCC(C)(C)CC12C. The quantitative estimate of drug-likeness (QED) is 0.398. The molecule has 0 aliphatic heterocycles. The maximum atomic E-state index is 10.8. The zero-order valence-corrected chi connectivity index (χ0v) is 23.0. The molecule has 0 radical (unpaired) electrons. The van der Waals surface area contributed by atoms with Crippen molar-refractivity contribution in [1.29, 1.82) is 0 Å². The van der Waals surface area contributed by atoms with E-state index in [1.807, 2.05) is 0 Å². The van der Waals surface area contributed by atoms with E-state index in [2.05, 4.69) is 62.3 Å². The summed E-state index contributed by atoms with van der Waals surface area (Å²) in [6.45, 7) is 23.7. The first-order valence-corrected chi connectivity index (χ1v) is 14.3. The highest BCUT2D eigenvalue weighted by Crippen LogP contribution is 2.81. The van der Waals surface area contributed by atoms with E-state index in [0.717, 1.165) is 18.3 Å². The zero-order chi connectivity index (χ0) is 23.6. The van der Waals surface area contributed by atoms with E-state index in [4.69, 9.17) is 0 Å². The van der Waals surface area contributed by atoms with Gasteiger partial charge in [-0.15, -0.1) is 0 Å². The zero-order valence-electron chi connectivity index (χ0n) is 23.0. The Morgan fingerprint density at radius 2 is 1.25 bits per heavy atom. The Bertz CT molecular complexity index is 785. The van der Waals surface area contributed by atoms with Crippen LogP contribution in [0.15, 0.2) is 0 Å². The van der Waals surface area contributed by atoms with Crippen LogP contribution in [-0.2, 0) is 0 Å². The molecule has 5 aliphatic carbocycles. The molecule has 10 unspecified atom stereocenters. The van der Waals surface area contributed by atoms with Gasteiger partial charge in [-0.2, -0.15) is 0 Å². The predicted molar refractivity (Wildman–Crippen MR) is 135 cm³/mol. The molecule has 184 valence electrons. The van der Waals surface area contributed by atoms with Gasteiger partial charge in [0.1, 0.15) is 0 Å². The van der Waals surface area contributed by atoms with Crippen molar-refractivity contribution in [2.24, 2.45) is 55.7 Å². The Morgan fingerprint density at radius 1 is 0.594 bits per heavy atom. The number of aliphatic hydroxyl groups excluding tert-OH is 1. The van der Waals surface area contributed by atoms with Crippen molar-refractivity contribution < 1.29 is 5.11 Å². The van der Waals surface area contributed by atoms with Crippen molar-refractivity contribution in [3.63, 3.8) is 0 Å². The fraction of sp³-hybridized carbons (Fsp3) is 1.00. The fourth-order valence-corrected chi connectivity index (χ4v) is 12.1. The van der Waals surface area contributed by atoms with Crippen molar-refractivity contribution in [3.05, 3.63) is 0 Å². The summed E-state index contributed by atoms with van der Waals surface area (Å²) >= 11 is 0. The average Bonchev–Trinajstić information content (AvgIpc) is 2.70. The molecule has 5 saturated carbocycles. The second kappa shape index (κ2) is 6.59. The lowest BCUT2D eigenvalue weighted by Gasteiger charge is -2.78. The predicted octanol–water partition coefficient (Wildman–Crippen LogP) is 8.64. The van der Waals surface area contributed by atoms with Crippen LogP contribution in [-0.4, -0.2) is 11.2 Å². The Hall–Kier alpha value is -0.0400. The standard InChI is InChI=1S/C31H54O/c1-21-22(32)10-11-23-27(21,5)13-12-24-28(23,6)17-19-30(8)29(24,7)18-16-26(4)15-14-25(2,3)20-31(26,30)9/h21-24,32H,10-20H2,1-9H3. The summed E-state index contributed by atoms with van der Waals surface area (Å²) < 4.78 is 0. The molecule has 0 amide bonds. The van der Waals surface area contributed by atoms with Gasteiger partial charge in [0.25, 0.3) is 0 Å². The van der Waals surface area contributed by atoms with Gasteiger partial charge in [-0.25, -0.2) is 0 Å². The van der Waals surface area contributed by atoms with E-state index in [-0.39, 0.29) is 6.10 Å². The van der Waals surface area contributed by atoms with Gasteiger partial charge < -0.3 is 5.11 Å². The first kappa shape index (κ1) is 23.7. The first-order chi connectivity index (χ1) is 14.6. The maximum absolute atomic E-state index is 10.8. The normalized spacial score (nSPS) is 61.7. The highest BCUT2D eigenvalue weighted by Gasteiger charge is 2.74. The molecule has 5 rings (SSSR count). The summed E-state index contributed by atoms with van der Waals surface area (Å²) in [7, 11) is 0. The van der Waals surface area contributed by atoms with Gasteiger partial charge in [0.2, 0.25) is 0 Å². The van der Waals surface area contributed by atoms with E-state index in [1.54, 1.807) is 0 Å². The molecule has 0 aromatic carbocycles. The Morgan fingerprint density at radius 3 is 1.94 bits per heavy atom.